The lowest BCUT2D eigenvalue weighted by atomic mass is 10.2. The fraction of sp³-hybridized carbons (Fsp3) is 0.529. The number of rotatable bonds is 7. The molecule has 1 aliphatic rings. The zero-order valence-electron chi connectivity index (χ0n) is 15.0. The van der Waals surface area contributed by atoms with Gasteiger partial charge in [-0.1, -0.05) is 6.07 Å². The number of amides is 1. The molecule has 1 atom stereocenters. The van der Waals surface area contributed by atoms with E-state index in [1.165, 1.54) is 0 Å². The number of carbonyl (C=O) groups is 1. The molecule has 9 heteroatoms. The molecule has 0 aromatic carbocycles. The second-order valence-corrected chi connectivity index (χ2v) is 9.98. The Kier molecular flexibility index (Phi) is 5.79. The van der Waals surface area contributed by atoms with Gasteiger partial charge in [-0.05, 0) is 51.0 Å². The molecule has 1 N–H and O–H groups in total. The summed E-state index contributed by atoms with van der Waals surface area (Å²) < 4.78 is 25.4. The summed E-state index contributed by atoms with van der Waals surface area (Å²) >= 11 is 1.55. The maximum absolute atomic E-state index is 12.5. The first-order valence-corrected chi connectivity index (χ1v) is 11.3. The smallest absolute Gasteiger partial charge is 0.271 e. The predicted octanol–water partition coefficient (Wildman–Crippen LogP) is 1.65. The van der Waals surface area contributed by atoms with Crippen molar-refractivity contribution >= 4 is 27.1 Å². The first-order chi connectivity index (χ1) is 12.4. The third-order valence-corrected chi connectivity index (χ3v) is 7.01. The van der Waals surface area contributed by atoms with E-state index < -0.39 is 9.84 Å². The molecule has 2 aromatic rings. The number of thiophene rings is 1. The van der Waals surface area contributed by atoms with Gasteiger partial charge in [0.15, 0.2) is 15.5 Å². The molecule has 2 aromatic heterocycles. The summed E-state index contributed by atoms with van der Waals surface area (Å²) in [5.74, 6) is 0.0332. The van der Waals surface area contributed by atoms with Gasteiger partial charge in [0.2, 0.25) is 0 Å². The molecule has 1 saturated heterocycles. The van der Waals surface area contributed by atoms with Crippen LogP contribution in [0.25, 0.3) is 10.6 Å². The van der Waals surface area contributed by atoms with E-state index in [1.54, 1.807) is 22.1 Å². The van der Waals surface area contributed by atoms with Gasteiger partial charge in [-0.2, -0.15) is 5.10 Å². The topological polar surface area (TPSA) is 84.3 Å². The van der Waals surface area contributed by atoms with Gasteiger partial charge in [0.25, 0.3) is 5.91 Å². The van der Waals surface area contributed by atoms with E-state index in [9.17, 15) is 13.2 Å². The molecule has 1 aliphatic heterocycles. The van der Waals surface area contributed by atoms with Crippen molar-refractivity contribution in [2.75, 3.05) is 38.7 Å². The van der Waals surface area contributed by atoms with E-state index in [4.69, 9.17) is 0 Å². The molecule has 0 bridgehead atoms. The third-order valence-electron chi connectivity index (χ3n) is 4.36. The van der Waals surface area contributed by atoms with Gasteiger partial charge in [-0.3, -0.25) is 9.48 Å². The van der Waals surface area contributed by atoms with Crippen molar-refractivity contribution in [3.8, 4) is 10.6 Å². The number of carbonyl (C=O) groups excluding carboxylic acids is 1. The van der Waals surface area contributed by atoms with Crippen LogP contribution in [-0.2, 0) is 9.84 Å². The van der Waals surface area contributed by atoms with Crippen LogP contribution in [0.3, 0.4) is 0 Å². The number of aromatic nitrogens is 2. The van der Waals surface area contributed by atoms with E-state index in [2.05, 4.69) is 15.3 Å². The Bertz CT molecular complexity index is 857. The van der Waals surface area contributed by atoms with Crippen LogP contribution in [0.5, 0.6) is 0 Å². The minimum atomic E-state index is -3.03. The summed E-state index contributed by atoms with van der Waals surface area (Å²) in [6, 6.07) is 5.44. The lowest BCUT2D eigenvalue weighted by Crippen LogP contribution is -2.27. The molecule has 3 rings (SSSR count). The molecule has 0 aliphatic carbocycles. The molecule has 1 fully saturated rings. The molecule has 3 heterocycles. The third kappa shape index (κ3) is 4.52. The van der Waals surface area contributed by atoms with E-state index in [-0.39, 0.29) is 23.5 Å². The monoisotopic (exact) mass is 396 g/mol. The maximum Gasteiger partial charge on any atom is 0.271 e. The van der Waals surface area contributed by atoms with Crippen LogP contribution >= 0.6 is 11.3 Å². The minimum Gasteiger partial charge on any atom is -0.351 e. The van der Waals surface area contributed by atoms with Crippen molar-refractivity contribution < 1.29 is 13.2 Å². The molecule has 1 amide bonds. The summed E-state index contributed by atoms with van der Waals surface area (Å²) in [5.41, 5.74) is 1.14. The molecule has 0 saturated carbocycles. The number of hydrogen-bond donors (Lipinski definition) is 1. The Morgan fingerprint density at radius 3 is 2.88 bits per heavy atom. The zero-order valence-corrected chi connectivity index (χ0v) is 16.6. The van der Waals surface area contributed by atoms with Gasteiger partial charge >= 0.3 is 0 Å². The Labute approximate surface area is 157 Å². The van der Waals surface area contributed by atoms with Gasteiger partial charge in [-0.15, -0.1) is 11.3 Å². The quantitative estimate of drug-likeness (QED) is 0.720. The number of nitrogens with one attached hydrogen (secondary N) is 1. The van der Waals surface area contributed by atoms with Gasteiger partial charge < -0.3 is 10.2 Å². The van der Waals surface area contributed by atoms with E-state index in [0.717, 1.165) is 23.5 Å². The molecule has 26 heavy (non-hydrogen) atoms. The molecule has 0 spiro atoms. The highest BCUT2D eigenvalue weighted by Gasteiger charge is 2.32. The van der Waals surface area contributed by atoms with Crippen LogP contribution in [0.1, 0.15) is 29.4 Å². The molecule has 1 unspecified atom stereocenters. The number of sulfone groups is 1. The van der Waals surface area contributed by atoms with Crippen LogP contribution in [0, 0.1) is 0 Å². The van der Waals surface area contributed by atoms with Crippen molar-refractivity contribution in [1.82, 2.24) is 20.0 Å². The largest absolute Gasteiger partial charge is 0.351 e. The second-order valence-electron chi connectivity index (χ2n) is 6.81. The van der Waals surface area contributed by atoms with Crippen molar-refractivity contribution in [2.45, 2.75) is 18.9 Å². The van der Waals surface area contributed by atoms with E-state index in [1.807, 2.05) is 31.6 Å². The lowest BCUT2D eigenvalue weighted by Gasteiger charge is -2.12. The average Bonchev–Trinajstić information content (AvgIpc) is 3.29. The minimum absolute atomic E-state index is 0.0803. The maximum atomic E-state index is 12.5. The normalized spacial score (nSPS) is 19.1. The van der Waals surface area contributed by atoms with Crippen molar-refractivity contribution in [2.24, 2.45) is 0 Å². The molecule has 7 nitrogen and oxygen atoms in total. The summed E-state index contributed by atoms with van der Waals surface area (Å²) in [6.07, 6.45) is 1.39. The Balaban J connectivity index is 1.79. The predicted molar refractivity (Wildman–Crippen MR) is 103 cm³/mol. The van der Waals surface area contributed by atoms with Crippen LogP contribution in [0.15, 0.2) is 23.6 Å². The molecular weight excluding hydrogens is 372 g/mol. The highest BCUT2D eigenvalue weighted by atomic mass is 32.2. The average molecular weight is 397 g/mol. The highest BCUT2D eigenvalue weighted by molar-refractivity contribution is 7.91. The molecule has 0 radical (unpaired) electrons. The fourth-order valence-electron chi connectivity index (χ4n) is 3.05. The first kappa shape index (κ1) is 19.1. The van der Waals surface area contributed by atoms with Crippen LogP contribution in [-0.4, -0.2) is 67.7 Å². The fourth-order valence-corrected chi connectivity index (χ4v) is 5.47. The SMILES string of the molecule is CN(C)CCCNC(=O)c1cc(-c2cccs2)n(C2CCS(=O)(=O)C2)n1. The summed E-state index contributed by atoms with van der Waals surface area (Å²) in [5, 5.41) is 9.31. The number of hydrogen-bond acceptors (Lipinski definition) is 6. The van der Waals surface area contributed by atoms with Crippen LogP contribution < -0.4 is 5.32 Å². The zero-order chi connectivity index (χ0) is 18.7. The Morgan fingerprint density at radius 2 is 2.27 bits per heavy atom. The van der Waals surface area contributed by atoms with Crippen molar-refractivity contribution in [3.05, 3.63) is 29.3 Å². The first-order valence-electron chi connectivity index (χ1n) is 8.62. The standard InChI is InChI=1S/C17H24N4O3S2/c1-20(2)8-4-7-18-17(22)14-11-15(16-5-3-9-25-16)21(19-14)13-6-10-26(23,24)12-13/h3,5,9,11,13H,4,6-8,10,12H2,1-2H3,(H,18,22). The Hall–Kier alpha value is -1.71. The molecule has 142 valence electrons. The van der Waals surface area contributed by atoms with E-state index >= 15 is 0 Å². The summed E-state index contributed by atoms with van der Waals surface area (Å²) in [6.45, 7) is 1.48. The molecular formula is C17H24N4O3S2. The van der Waals surface area contributed by atoms with Crippen molar-refractivity contribution in [3.63, 3.8) is 0 Å². The highest BCUT2D eigenvalue weighted by Crippen LogP contribution is 2.32. The van der Waals surface area contributed by atoms with E-state index in [0.29, 0.717) is 18.7 Å². The summed E-state index contributed by atoms with van der Waals surface area (Å²) in [4.78, 5) is 15.5. The Morgan fingerprint density at radius 1 is 1.46 bits per heavy atom. The number of nitrogens with zero attached hydrogens (tertiary/aromatic N) is 3. The lowest BCUT2D eigenvalue weighted by molar-refractivity contribution is 0.0946. The summed E-state index contributed by atoms with van der Waals surface area (Å²) in [7, 11) is 0.956. The van der Waals surface area contributed by atoms with Gasteiger partial charge in [0.05, 0.1) is 28.1 Å². The van der Waals surface area contributed by atoms with Crippen LogP contribution in [0.4, 0.5) is 0 Å². The van der Waals surface area contributed by atoms with Gasteiger partial charge in [0, 0.05) is 6.54 Å². The second kappa shape index (κ2) is 7.89. The van der Waals surface area contributed by atoms with Gasteiger partial charge in [0.1, 0.15) is 0 Å². The van der Waals surface area contributed by atoms with Gasteiger partial charge in [-0.25, -0.2) is 8.42 Å². The van der Waals surface area contributed by atoms with Crippen LogP contribution in [0.2, 0.25) is 0 Å². The van der Waals surface area contributed by atoms with Crippen molar-refractivity contribution in [1.29, 1.82) is 0 Å².